The highest BCUT2D eigenvalue weighted by Gasteiger charge is 2.33. The maximum absolute atomic E-state index is 12.3. The van der Waals surface area contributed by atoms with E-state index in [1.165, 1.54) is 11.1 Å². The molecular formula is C20H27N3O2. The third kappa shape index (κ3) is 3.41. The topological polar surface area (TPSA) is 56.1 Å². The fourth-order valence-corrected chi connectivity index (χ4v) is 3.44. The zero-order chi connectivity index (χ0) is 18.0. The molecule has 0 saturated carbocycles. The quantitative estimate of drug-likeness (QED) is 0.820. The van der Waals surface area contributed by atoms with Crippen LogP contribution in [0, 0.1) is 5.92 Å². The van der Waals surface area contributed by atoms with Crippen LogP contribution in [-0.2, 0) is 11.2 Å². The predicted molar refractivity (Wildman–Crippen MR) is 98.9 cm³/mol. The molecule has 2 aromatic rings. The highest BCUT2D eigenvalue weighted by Crippen LogP contribution is 2.40. The second-order valence-electron chi connectivity index (χ2n) is 6.91. The van der Waals surface area contributed by atoms with Crippen LogP contribution in [0.3, 0.4) is 0 Å². The minimum Gasteiger partial charge on any atom is -0.462 e. The Morgan fingerprint density at radius 2 is 2.04 bits per heavy atom. The molecule has 1 aliphatic heterocycles. The van der Waals surface area contributed by atoms with Gasteiger partial charge in [-0.05, 0) is 36.8 Å². The lowest BCUT2D eigenvalue weighted by Crippen LogP contribution is -2.30. The molecule has 0 spiro atoms. The van der Waals surface area contributed by atoms with Gasteiger partial charge in [0.05, 0.1) is 24.9 Å². The third-order valence-electron chi connectivity index (χ3n) is 4.95. The number of benzene rings is 1. The molecule has 3 rings (SSSR count). The highest BCUT2D eigenvalue weighted by atomic mass is 16.5. The number of aryl methyl sites for hydroxylation is 1. The summed E-state index contributed by atoms with van der Waals surface area (Å²) in [5.74, 6) is 0.877. The number of carbonyl (C=O) groups is 1. The molecule has 5 heteroatoms. The molecule has 1 aromatic carbocycles. The van der Waals surface area contributed by atoms with Gasteiger partial charge in [0.25, 0.3) is 0 Å². The molecule has 0 saturated heterocycles. The van der Waals surface area contributed by atoms with E-state index in [0.717, 1.165) is 18.7 Å². The average molecular weight is 341 g/mol. The fourth-order valence-electron chi connectivity index (χ4n) is 3.44. The predicted octanol–water partition coefficient (Wildman–Crippen LogP) is 4.38. The first-order chi connectivity index (χ1) is 12.0. The fraction of sp³-hybridized carbons (Fsp3) is 0.500. The van der Waals surface area contributed by atoms with Crippen LogP contribution in [0.5, 0.6) is 0 Å². The second kappa shape index (κ2) is 7.30. The van der Waals surface area contributed by atoms with E-state index in [1.807, 2.05) is 11.6 Å². The third-order valence-corrected chi connectivity index (χ3v) is 4.95. The van der Waals surface area contributed by atoms with Crippen LogP contribution in [0.2, 0.25) is 0 Å². The number of anilines is 1. The van der Waals surface area contributed by atoms with Crippen LogP contribution in [0.15, 0.2) is 30.5 Å². The summed E-state index contributed by atoms with van der Waals surface area (Å²) in [6.07, 6.45) is 3.60. The van der Waals surface area contributed by atoms with Crippen molar-refractivity contribution in [3.05, 3.63) is 47.2 Å². The second-order valence-corrected chi connectivity index (χ2v) is 6.91. The smallest absolute Gasteiger partial charge is 0.343 e. The van der Waals surface area contributed by atoms with Gasteiger partial charge >= 0.3 is 5.97 Å². The minimum atomic E-state index is -0.319. The molecule has 25 heavy (non-hydrogen) atoms. The summed E-state index contributed by atoms with van der Waals surface area (Å²) in [6, 6.07) is 9.14. The molecule has 0 radical (unpaired) electrons. The van der Waals surface area contributed by atoms with E-state index < -0.39 is 0 Å². The summed E-state index contributed by atoms with van der Waals surface area (Å²) in [7, 11) is 0. The van der Waals surface area contributed by atoms with E-state index in [0.29, 0.717) is 18.1 Å². The van der Waals surface area contributed by atoms with Gasteiger partial charge < -0.3 is 10.1 Å². The number of aromatic nitrogens is 2. The Hall–Kier alpha value is -2.30. The largest absolute Gasteiger partial charge is 0.462 e. The van der Waals surface area contributed by atoms with Gasteiger partial charge in [-0.25, -0.2) is 9.48 Å². The normalized spacial score (nSPS) is 19.4. The van der Waals surface area contributed by atoms with Gasteiger partial charge in [-0.2, -0.15) is 5.10 Å². The van der Waals surface area contributed by atoms with Crippen molar-refractivity contribution in [2.45, 2.75) is 52.6 Å². The van der Waals surface area contributed by atoms with E-state index in [-0.39, 0.29) is 18.1 Å². The molecule has 0 amide bonds. The lowest BCUT2D eigenvalue weighted by Gasteiger charge is -2.35. The maximum Gasteiger partial charge on any atom is 0.343 e. The van der Waals surface area contributed by atoms with E-state index in [9.17, 15) is 4.79 Å². The highest BCUT2D eigenvalue weighted by molar-refractivity contribution is 5.94. The number of rotatable bonds is 5. The first kappa shape index (κ1) is 17.5. The van der Waals surface area contributed by atoms with Crippen molar-refractivity contribution < 1.29 is 9.53 Å². The summed E-state index contributed by atoms with van der Waals surface area (Å²) in [5, 5.41) is 7.99. The lowest BCUT2D eigenvalue weighted by molar-refractivity contribution is 0.0527. The molecule has 1 aliphatic rings. The summed E-state index contributed by atoms with van der Waals surface area (Å²) in [5.41, 5.74) is 3.09. The number of nitrogens with zero attached hydrogens (tertiary/aromatic N) is 2. The molecule has 1 aromatic heterocycles. The van der Waals surface area contributed by atoms with Crippen molar-refractivity contribution in [2.24, 2.45) is 5.92 Å². The standard InChI is InChI=1S/C20H27N3O2/c1-5-14-7-9-15(10-8-14)17-11-18(13(3)4)23-19(22-17)16(12-21-23)20(24)25-6-2/h7-10,12-13,17-18,22H,5-6,11H2,1-4H3. The van der Waals surface area contributed by atoms with Crippen LogP contribution >= 0.6 is 0 Å². The zero-order valence-electron chi connectivity index (χ0n) is 15.5. The van der Waals surface area contributed by atoms with Gasteiger partial charge in [-0.3, -0.25) is 0 Å². The minimum absolute atomic E-state index is 0.163. The summed E-state index contributed by atoms with van der Waals surface area (Å²) < 4.78 is 7.14. The molecule has 134 valence electrons. The lowest BCUT2D eigenvalue weighted by atomic mass is 9.90. The number of ether oxygens (including phenoxy) is 1. The van der Waals surface area contributed by atoms with Gasteiger partial charge in [-0.1, -0.05) is 45.0 Å². The molecule has 2 unspecified atom stereocenters. The van der Waals surface area contributed by atoms with Crippen molar-refractivity contribution in [3.8, 4) is 0 Å². The van der Waals surface area contributed by atoms with Crippen molar-refractivity contribution in [3.63, 3.8) is 0 Å². The van der Waals surface area contributed by atoms with Crippen molar-refractivity contribution in [1.29, 1.82) is 0 Å². The van der Waals surface area contributed by atoms with E-state index >= 15 is 0 Å². The molecule has 2 heterocycles. The van der Waals surface area contributed by atoms with Crippen molar-refractivity contribution in [2.75, 3.05) is 11.9 Å². The van der Waals surface area contributed by atoms with Gasteiger partial charge in [-0.15, -0.1) is 0 Å². The van der Waals surface area contributed by atoms with Crippen LogP contribution in [0.1, 0.15) is 67.7 Å². The van der Waals surface area contributed by atoms with Gasteiger partial charge in [0.1, 0.15) is 11.4 Å². The van der Waals surface area contributed by atoms with Crippen LogP contribution in [0.4, 0.5) is 5.82 Å². The average Bonchev–Trinajstić information content (AvgIpc) is 3.05. The number of hydrogen-bond donors (Lipinski definition) is 1. The number of carbonyl (C=O) groups excluding carboxylic acids is 1. The van der Waals surface area contributed by atoms with E-state index in [1.54, 1.807) is 6.20 Å². The van der Waals surface area contributed by atoms with Crippen LogP contribution in [0.25, 0.3) is 0 Å². The summed E-state index contributed by atoms with van der Waals surface area (Å²) in [4.78, 5) is 12.3. The Bertz CT molecular complexity index is 734. The Balaban J connectivity index is 1.95. The Kier molecular flexibility index (Phi) is 5.11. The van der Waals surface area contributed by atoms with Gasteiger partial charge in [0.2, 0.25) is 0 Å². The van der Waals surface area contributed by atoms with Crippen molar-refractivity contribution in [1.82, 2.24) is 9.78 Å². The number of fused-ring (bicyclic) bond motifs is 1. The molecule has 5 nitrogen and oxygen atoms in total. The molecule has 1 N–H and O–H groups in total. The Labute approximate surface area is 149 Å². The Morgan fingerprint density at radius 1 is 1.32 bits per heavy atom. The van der Waals surface area contributed by atoms with Crippen LogP contribution < -0.4 is 5.32 Å². The maximum atomic E-state index is 12.3. The number of nitrogens with one attached hydrogen (secondary N) is 1. The summed E-state index contributed by atoms with van der Waals surface area (Å²) >= 11 is 0. The van der Waals surface area contributed by atoms with Gasteiger partial charge in [0, 0.05) is 0 Å². The van der Waals surface area contributed by atoms with Gasteiger partial charge in [0.15, 0.2) is 0 Å². The molecular weight excluding hydrogens is 314 g/mol. The first-order valence-electron chi connectivity index (χ1n) is 9.15. The molecule has 0 bridgehead atoms. The number of hydrogen-bond acceptors (Lipinski definition) is 4. The van der Waals surface area contributed by atoms with E-state index in [4.69, 9.17) is 4.74 Å². The molecule has 0 fully saturated rings. The zero-order valence-corrected chi connectivity index (χ0v) is 15.5. The molecule has 0 aliphatic carbocycles. The van der Waals surface area contributed by atoms with Crippen molar-refractivity contribution >= 4 is 11.8 Å². The summed E-state index contributed by atoms with van der Waals surface area (Å²) in [6.45, 7) is 8.73. The first-order valence-corrected chi connectivity index (χ1v) is 9.15. The molecule has 2 atom stereocenters. The van der Waals surface area contributed by atoms with Crippen LogP contribution in [-0.4, -0.2) is 22.4 Å². The Morgan fingerprint density at radius 3 is 2.64 bits per heavy atom. The monoisotopic (exact) mass is 341 g/mol. The SMILES string of the molecule is CCOC(=O)c1cnn2c1NC(c1ccc(CC)cc1)CC2C(C)C. The van der Waals surface area contributed by atoms with E-state index in [2.05, 4.69) is 55.5 Å². The number of esters is 1.